The van der Waals surface area contributed by atoms with Gasteiger partial charge in [-0.2, -0.15) is 0 Å². The molecule has 0 spiro atoms. The van der Waals surface area contributed by atoms with Crippen LogP contribution in [-0.4, -0.2) is 39.5 Å². The van der Waals surface area contributed by atoms with Crippen LogP contribution in [-0.2, 0) is 0 Å². The first kappa shape index (κ1) is 10.1. The molecule has 1 aliphatic rings. The number of fused-ring (bicyclic) bond motifs is 1. The molecule has 0 atom stereocenters. The topological polar surface area (TPSA) is 34.0 Å². The van der Waals surface area contributed by atoms with Crippen LogP contribution < -0.4 is 0 Å². The second-order valence-electron chi connectivity index (χ2n) is 4.17. The van der Waals surface area contributed by atoms with Crippen molar-refractivity contribution in [2.24, 2.45) is 0 Å². The van der Waals surface area contributed by atoms with Gasteiger partial charge in [0.1, 0.15) is 5.52 Å². The summed E-state index contributed by atoms with van der Waals surface area (Å²) in [6, 6.07) is 6.15. The highest BCUT2D eigenvalue weighted by molar-refractivity contribution is 6.31. The second kappa shape index (κ2) is 3.71. The lowest BCUT2D eigenvalue weighted by Gasteiger charge is -2.38. The maximum Gasteiger partial charge on any atom is 0.113 e. The molecule has 0 saturated carbocycles. The molecule has 2 heterocycles. The van der Waals surface area contributed by atoms with Crippen LogP contribution in [0.2, 0.25) is 5.02 Å². The van der Waals surface area contributed by atoms with Crippen LogP contribution in [0.15, 0.2) is 18.2 Å². The molecular formula is C11H13ClN4. The summed E-state index contributed by atoms with van der Waals surface area (Å²) in [5.74, 6) is 0. The van der Waals surface area contributed by atoms with Gasteiger partial charge in [0.25, 0.3) is 0 Å². The van der Waals surface area contributed by atoms with Gasteiger partial charge < -0.3 is 0 Å². The standard InChI is InChI=1S/C11H13ClN4/c1-2-15-6-9(7-15)16-11-5-8(12)3-4-10(11)13-14-16/h3-5,9H,2,6-7H2,1H3. The van der Waals surface area contributed by atoms with E-state index in [0.29, 0.717) is 6.04 Å². The van der Waals surface area contributed by atoms with Gasteiger partial charge in [-0.25, -0.2) is 4.68 Å². The van der Waals surface area contributed by atoms with E-state index in [9.17, 15) is 0 Å². The predicted molar refractivity (Wildman–Crippen MR) is 63.7 cm³/mol. The van der Waals surface area contributed by atoms with Crippen LogP contribution >= 0.6 is 11.6 Å². The summed E-state index contributed by atoms with van der Waals surface area (Å²) in [5, 5.41) is 9.10. The third-order valence-corrected chi connectivity index (χ3v) is 3.40. The van der Waals surface area contributed by atoms with Gasteiger partial charge >= 0.3 is 0 Å². The van der Waals surface area contributed by atoms with Crippen LogP contribution in [0.5, 0.6) is 0 Å². The molecule has 1 aromatic carbocycles. The zero-order valence-electron chi connectivity index (χ0n) is 9.10. The van der Waals surface area contributed by atoms with Gasteiger partial charge in [0.2, 0.25) is 0 Å². The summed E-state index contributed by atoms with van der Waals surface area (Å²) >= 11 is 5.99. The van der Waals surface area contributed by atoms with Crippen molar-refractivity contribution >= 4 is 22.6 Å². The zero-order valence-corrected chi connectivity index (χ0v) is 9.85. The van der Waals surface area contributed by atoms with Crippen LogP contribution in [0, 0.1) is 0 Å². The fourth-order valence-corrected chi connectivity index (χ4v) is 2.30. The average Bonchev–Trinajstić information content (AvgIpc) is 2.60. The molecule has 0 unspecified atom stereocenters. The Morgan fingerprint density at radius 2 is 2.25 bits per heavy atom. The Bertz CT molecular complexity index is 516. The molecule has 3 rings (SSSR count). The third kappa shape index (κ3) is 1.49. The highest BCUT2D eigenvalue weighted by Crippen LogP contribution is 2.25. The van der Waals surface area contributed by atoms with E-state index < -0.39 is 0 Å². The molecule has 16 heavy (non-hydrogen) atoms. The Balaban J connectivity index is 1.96. The molecule has 1 aliphatic heterocycles. The number of rotatable bonds is 2. The van der Waals surface area contributed by atoms with Gasteiger partial charge in [0, 0.05) is 18.1 Å². The first-order valence-electron chi connectivity index (χ1n) is 5.50. The molecule has 0 N–H and O–H groups in total. The number of hydrogen-bond acceptors (Lipinski definition) is 3. The maximum absolute atomic E-state index is 5.99. The molecule has 0 amide bonds. The number of likely N-dealkylation sites (N-methyl/N-ethyl adjacent to an activating group) is 1. The van der Waals surface area contributed by atoms with Gasteiger partial charge in [-0.05, 0) is 24.7 Å². The Labute approximate surface area is 98.8 Å². The molecule has 0 aliphatic carbocycles. The average molecular weight is 237 g/mol. The molecule has 5 heteroatoms. The highest BCUT2D eigenvalue weighted by atomic mass is 35.5. The third-order valence-electron chi connectivity index (χ3n) is 3.16. The van der Waals surface area contributed by atoms with Crippen molar-refractivity contribution in [2.45, 2.75) is 13.0 Å². The van der Waals surface area contributed by atoms with Crippen molar-refractivity contribution in [1.29, 1.82) is 0 Å². The number of benzene rings is 1. The predicted octanol–water partition coefficient (Wildman–Crippen LogP) is 1.96. The van der Waals surface area contributed by atoms with Crippen LogP contribution in [0.4, 0.5) is 0 Å². The fourth-order valence-electron chi connectivity index (χ4n) is 2.13. The lowest BCUT2D eigenvalue weighted by Crippen LogP contribution is -2.47. The molecular weight excluding hydrogens is 224 g/mol. The van der Waals surface area contributed by atoms with Gasteiger partial charge in [-0.3, -0.25) is 4.90 Å². The number of halogens is 1. The minimum Gasteiger partial charge on any atom is -0.299 e. The number of nitrogens with zero attached hydrogens (tertiary/aromatic N) is 4. The largest absolute Gasteiger partial charge is 0.299 e. The summed E-state index contributed by atoms with van der Waals surface area (Å²) in [4.78, 5) is 2.38. The molecule has 1 saturated heterocycles. The Morgan fingerprint density at radius 1 is 1.44 bits per heavy atom. The van der Waals surface area contributed by atoms with Crippen molar-refractivity contribution in [3.8, 4) is 0 Å². The minimum absolute atomic E-state index is 0.448. The fraction of sp³-hybridized carbons (Fsp3) is 0.455. The van der Waals surface area contributed by atoms with Gasteiger partial charge in [0.15, 0.2) is 0 Å². The monoisotopic (exact) mass is 236 g/mol. The van der Waals surface area contributed by atoms with E-state index in [1.54, 1.807) is 0 Å². The normalized spacial score (nSPS) is 17.9. The molecule has 1 fully saturated rings. The summed E-state index contributed by atoms with van der Waals surface area (Å²) in [7, 11) is 0. The molecule has 0 radical (unpaired) electrons. The number of aromatic nitrogens is 3. The summed E-state index contributed by atoms with van der Waals surface area (Å²) in [5.41, 5.74) is 1.95. The summed E-state index contributed by atoms with van der Waals surface area (Å²) < 4.78 is 1.99. The summed E-state index contributed by atoms with van der Waals surface area (Å²) in [6.45, 7) is 5.39. The Kier molecular flexibility index (Phi) is 2.33. The van der Waals surface area contributed by atoms with E-state index in [2.05, 4.69) is 22.1 Å². The zero-order chi connectivity index (χ0) is 11.1. The van der Waals surface area contributed by atoms with Crippen molar-refractivity contribution < 1.29 is 0 Å². The highest BCUT2D eigenvalue weighted by Gasteiger charge is 2.28. The van der Waals surface area contributed by atoms with E-state index in [-0.39, 0.29) is 0 Å². The van der Waals surface area contributed by atoms with Crippen molar-refractivity contribution in [3.63, 3.8) is 0 Å². The van der Waals surface area contributed by atoms with Crippen LogP contribution in [0.25, 0.3) is 11.0 Å². The van der Waals surface area contributed by atoms with E-state index in [4.69, 9.17) is 11.6 Å². The van der Waals surface area contributed by atoms with Crippen molar-refractivity contribution in [3.05, 3.63) is 23.2 Å². The molecule has 0 bridgehead atoms. The molecule has 4 nitrogen and oxygen atoms in total. The van der Waals surface area contributed by atoms with Crippen LogP contribution in [0.1, 0.15) is 13.0 Å². The molecule has 2 aromatic rings. The SMILES string of the molecule is CCN1CC(n2nnc3ccc(Cl)cc32)C1. The lowest BCUT2D eigenvalue weighted by molar-refractivity contribution is 0.107. The van der Waals surface area contributed by atoms with Crippen molar-refractivity contribution in [1.82, 2.24) is 19.9 Å². The molecule has 84 valence electrons. The number of likely N-dealkylation sites (tertiary alicyclic amines) is 1. The van der Waals surface area contributed by atoms with Gasteiger partial charge in [-0.1, -0.05) is 23.7 Å². The molecule has 1 aromatic heterocycles. The minimum atomic E-state index is 0.448. The Hall–Kier alpha value is -1.13. The number of hydrogen-bond donors (Lipinski definition) is 0. The van der Waals surface area contributed by atoms with E-state index >= 15 is 0 Å². The lowest BCUT2D eigenvalue weighted by atomic mass is 10.1. The van der Waals surface area contributed by atoms with Gasteiger partial charge in [0.05, 0.1) is 11.6 Å². The Morgan fingerprint density at radius 3 is 3.00 bits per heavy atom. The van der Waals surface area contributed by atoms with E-state index in [1.165, 1.54) is 0 Å². The summed E-state index contributed by atoms with van der Waals surface area (Å²) in [6.07, 6.45) is 0. The van der Waals surface area contributed by atoms with Crippen molar-refractivity contribution in [2.75, 3.05) is 19.6 Å². The quantitative estimate of drug-likeness (QED) is 0.800. The first-order chi connectivity index (χ1) is 7.78. The smallest absolute Gasteiger partial charge is 0.113 e. The van der Waals surface area contributed by atoms with E-state index in [0.717, 1.165) is 35.7 Å². The maximum atomic E-state index is 5.99. The van der Waals surface area contributed by atoms with E-state index in [1.807, 2.05) is 22.9 Å². The van der Waals surface area contributed by atoms with Crippen LogP contribution in [0.3, 0.4) is 0 Å². The second-order valence-corrected chi connectivity index (χ2v) is 4.61. The first-order valence-corrected chi connectivity index (χ1v) is 5.88. The van der Waals surface area contributed by atoms with Gasteiger partial charge in [-0.15, -0.1) is 5.10 Å².